The lowest BCUT2D eigenvalue weighted by Crippen LogP contribution is -2.59. The molecule has 0 bridgehead atoms. The average Bonchev–Trinajstić information content (AvgIpc) is 0.867. The summed E-state index contributed by atoms with van der Waals surface area (Å²) in [5, 5.41) is 90.0. The third kappa shape index (κ3) is 52.6. The fourth-order valence-electron chi connectivity index (χ4n) is 9.99. The maximum absolute atomic E-state index is 14.1. The zero-order valence-corrected chi connectivity index (χ0v) is 70.0. The third-order valence-electron chi connectivity index (χ3n) is 16.2. The number of nitrogens with two attached hydrogens (primary N) is 8. The number of rotatable bonds is 63. The first-order chi connectivity index (χ1) is 57.2. The van der Waals surface area contributed by atoms with Crippen LogP contribution in [0, 0.1) is 27.0 Å². The molecule has 0 heterocycles. The van der Waals surface area contributed by atoms with E-state index in [1.807, 2.05) is 0 Å². The molecule has 0 saturated carbocycles. The number of hydrogen-bond acceptors (Lipinski definition) is 29. The van der Waals surface area contributed by atoms with E-state index in [1.165, 1.54) is 0 Å². The van der Waals surface area contributed by atoms with Crippen molar-refractivity contribution < 1.29 is 86.3 Å². The molecular weight excluding hydrogens is 1680 g/mol. The Morgan fingerprint density at radius 1 is 0.231 bits per heavy atom. The second-order valence-electron chi connectivity index (χ2n) is 26.2. The second kappa shape index (κ2) is 63.2. The molecule has 0 aliphatic heterocycles. The highest BCUT2D eigenvalue weighted by Crippen LogP contribution is 2.08. The van der Waals surface area contributed by atoms with E-state index in [4.69, 9.17) is 72.9 Å². The molecule has 0 rings (SSSR count). The van der Waals surface area contributed by atoms with Crippen LogP contribution in [-0.2, 0) is 86.3 Å². The van der Waals surface area contributed by atoms with Crippen LogP contribution in [-0.4, -0.2) is 311 Å². The van der Waals surface area contributed by atoms with E-state index < -0.39 is 243 Å². The minimum atomic E-state index is -1.48. The fraction of sp³-hybridized carbons (Fsp3) is 0.641. The third-order valence-corrected chi connectivity index (χ3v) is 17.7. The van der Waals surface area contributed by atoms with Crippen LogP contribution >= 0.6 is 50.5 Å². The first kappa shape index (κ1) is 109. The Morgan fingerprint density at radius 2 is 0.438 bits per heavy atom. The van der Waals surface area contributed by atoms with E-state index in [9.17, 15) is 86.3 Å². The average molecular weight is 1800 g/mol. The standard InChI is InChI=1S/C64H119N35O18S4/c65-14-2-1-8-32(66)50(108)85-23-48(106)95-39(29-119)55(113)88-25-46(104)92-34(10-4-16-79-61(70)71)52(110)87-27-49(107)96-40(30-120)56(114)89-24-45(103)91-33(9-3-15-78-60(68)69)51(109)86-21-43(101)83-22-44(102)94-38(28-118)54(112)90-26-47(105)93-36(12-6-18-81-63(74)75)57(115)98-37(13-7-19-82-64(76)77)58(116)99-41(31-121)59(117)97-35(11-5-17-80-62(72)73)53(111)84-20-42(67)100/h32-41,118-121H,1-31,65-66H2,(H2,67,100)(H,83,101)(H,84,111)(H,85,108)(H,86,109)(H,87,110)(H,88,113)(H,89,114)(H,90,112)(H,91,103)(H,92,104)(H,93,105)(H,94,102)(H,95,106)(H,96,107)(H,97,117)(H,98,115)(H,99,116)(H4,68,69,78)(H4,70,71,79)(H4,72,73,80)(H4,74,75,81)(H4,76,77,82)/t32-,33-,34-,35-,36-,37-,38-,39-,40-,41-/m0/s1. The normalized spacial score (nSPS) is 13.0. The quantitative estimate of drug-likeness (QED) is 0.0116. The zero-order valence-electron chi connectivity index (χ0n) is 66.4. The van der Waals surface area contributed by atoms with Gasteiger partial charge in [-0.05, 0) is 83.6 Å². The van der Waals surface area contributed by atoms with Crippen molar-refractivity contribution in [3.05, 3.63) is 0 Å². The van der Waals surface area contributed by atoms with E-state index in [0.717, 1.165) is 0 Å². The molecular formula is C64H119N35O18S4. The first-order valence-electron chi connectivity index (χ1n) is 37.7. The van der Waals surface area contributed by atoms with Crippen molar-refractivity contribution in [3.63, 3.8) is 0 Å². The molecule has 0 radical (unpaired) electrons. The van der Waals surface area contributed by atoms with Crippen LogP contribution in [0.4, 0.5) is 0 Å². The summed E-state index contributed by atoms with van der Waals surface area (Å²) in [5.41, 5.74) is 43.3. The highest BCUT2D eigenvalue weighted by atomic mass is 32.1. The molecule has 53 nitrogen and oxygen atoms in total. The number of guanidine groups is 5. The minimum absolute atomic E-state index is 0.0139. The molecule has 0 fully saturated rings. The van der Waals surface area contributed by atoms with Gasteiger partial charge in [0, 0.05) is 55.7 Å². The predicted octanol–water partition coefficient (Wildman–Crippen LogP) is -16.7. The van der Waals surface area contributed by atoms with Gasteiger partial charge >= 0.3 is 0 Å². The molecule has 18 amide bonds. The molecule has 121 heavy (non-hydrogen) atoms. The lowest BCUT2D eigenvalue weighted by atomic mass is 10.1. The van der Waals surface area contributed by atoms with Crippen LogP contribution in [0.1, 0.15) is 83.5 Å². The summed E-state index contributed by atoms with van der Waals surface area (Å²) >= 11 is 16.5. The summed E-state index contributed by atoms with van der Waals surface area (Å²) in [4.78, 5) is 236. The Kier molecular flexibility index (Phi) is 57.0. The second-order valence-corrected chi connectivity index (χ2v) is 27.7. The van der Waals surface area contributed by atoms with Gasteiger partial charge in [0.25, 0.3) is 0 Å². The van der Waals surface area contributed by atoms with Gasteiger partial charge in [-0.1, -0.05) is 6.42 Å². The lowest BCUT2D eigenvalue weighted by molar-refractivity contribution is -0.134. The molecule has 0 aromatic heterocycles. The van der Waals surface area contributed by atoms with Gasteiger partial charge in [0.15, 0.2) is 29.8 Å². The Balaban J connectivity index is 5.94. The SMILES string of the molecule is N=C(N)NCCC[C@H](NC(=O)CNC(=O)[C@H](CS)NC(=O)CNC(=O)[C@H](CCCNC(=N)N)NC(=O)CNC(=O)[C@H](CS)NC(=O)CNC(=O)[C@@H](N)CCCCN)C(=O)NCC(=O)NCC(=O)N[C@@H](CS)C(=O)NCC(=O)N[C@@H](CCCNC(=N)N)C(=O)N[C@@H](CCCNC(=N)N)C(=O)N[C@@H](CS)C(=O)N[C@@H](CCCNC(=N)N)C(=O)NCC(N)=O. The van der Waals surface area contributed by atoms with E-state index in [-0.39, 0.29) is 126 Å². The van der Waals surface area contributed by atoms with E-state index in [0.29, 0.717) is 25.8 Å². The number of thiol groups is 4. The van der Waals surface area contributed by atoms with Gasteiger partial charge in [-0.25, -0.2) is 0 Å². The molecule has 0 unspecified atom stereocenters. The number of nitrogens with one attached hydrogen (secondary N) is 27. The van der Waals surface area contributed by atoms with Crippen molar-refractivity contribution >= 4 is 187 Å². The van der Waals surface area contributed by atoms with Crippen molar-refractivity contribution in [1.29, 1.82) is 27.0 Å². The Hall–Kier alpha value is -11.9. The number of carbonyl (C=O) groups excluding carboxylic acids is 18. The molecule has 682 valence electrons. The Bertz CT molecular complexity index is 3540. The topological polar surface area (TPSA) is 899 Å². The largest absolute Gasteiger partial charge is 0.370 e. The maximum Gasteiger partial charge on any atom is 0.244 e. The molecule has 0 aliphatic carbocycles. The number of hydrogen-bond donors (Lipinski definition) is 39. The molecule has 43 N–H and O–H groups in total. The molecule has 0 aromatic carbocycles. The molecule has 57 heteroatoms. The zero-order chi connectivity index (χ0) is 91.5. The molecule has 0 saturated heterocycles. The van der Waals surface area contributed by atoms with Crippen molar-refractivity contribution in [2.75, 3.05) is 115 Å². The van der Waals surface area contributed by atoms with Crippen molar-refractivity contribution in [2.24, 2.45) is 45.9 Å². The lowest BCUT2D eigenvalue weighted by Gasteiger charge is -2.26. The summed E-state index contributed by atoms with van der Waals surface area (Å²) in [7, 11) is 0. The predicted molar refractivity (Wildman–Crippen MR) is 453 cm³/mol. The monoisotopic (exact) mass is 1790 g/mol. The fourth-order valence-corrected chi connectivity index (χ4v) is 11.0. The number of amides is 18. The Morgan fingerprint density at radius 3 is 0.711 bits per heavy atom. The first-order valence-corrected chi connectivity index (χ1v) is 40.2. The van der Waals surface area contributed by atoms with Gasteiger partial charge in [0.1, 0.15) is 54.4 Å². The number of unbranched alkanes of at least 4 members (excludes halogenated alkanes) is 1. The summed E-state index contributed by atoms with van der Waals surface area (Å²) in [6.45, 7) is -5.17. The smallest absolute Gasteiger partial charge is 0.244 e. The van der Waals surface area contributed by atoms with Crippen molar-refractivity contribution in [3.8, 4) is 0 Å². The number of carbonyl (C=O) groups is 18. The van der Waals surface area contributed by atoms with Crippen molar-refractivity contribution in [2.45, 2.75) is 144 Å². The molecule has 0 spiro atoms. The van der Waals surface area contributed by atoms with Gasteiger partial charge in [-0.2, -0.15) is 50.5 Å². The van der Waals surface area contributed by atoms with Gasteiger partial charge in [0.2, 0.25) is 106 Å². The van der Waals surface area contributed by atoms with Crippen LogP contribution in [0.25, 0.3) is 0 Å². The van der Waals surface area contributed by atoms with Gasteiger partial charge in [-0.3, -0.25) is 113 Å². The van der Waals surface area contributed by atoms with E-state index in [1.54, 1.807) is 0 Å². The van der Waals surface area contributed by atoms with E-state index >= 15 is 0 Å². The van der Waals surface area contributed by atoms with Gasteiger partial charge < -0.3 is 163 Å². The highest BCUT2D eigenvalue weighted by molar-refractivity contribution is 7.80. The highest BCUT2D eigenvalue weighted by Gasteiger charge is 2.33. The number of primary amides is 1. The molecule has 10 atom stereocenters. The molecule has 0 aliphatic rings. The summed E-state index contributed by atoms with van der Waals surface area (Å²) in [5.74, 6) is -19.7. The van der Waals surface area contributed by atoms with E-state index in [2.05, 4.69) is 167 Å². The molecule has 0 aromatic rings. The van der Waals surface area contributed by atoms with Crippen molar-refractivity contribution in [1.82, 2.24) is 117 Å². The summed E-state index contributed by atoms with van der Waals surface area (Å²) in [6, 6.07) is -13.6. The van der Waals surface area contributed by atoms with Gasteiger partial charge in [-0.15, -0.1) is 0 Å². The summed E-state index contributed by atoms with van der Waals surface area (Å²) < 4.78 is 0. The van der Waals surface area contributed by atoms with Crippen LogP contribution in [0.3, 0.4) is 0 Å². The Labute approximate surface area is 718 Å². The van der Waals surface area contributed by atoms with Crippen LogP contribution in [0.15, 0.2) is 0 Å². The van der Waals surface area contributed by atoms with Crippen LogP contribution < -0.4 is 163 Å². The maximum atomic E-state index is 14.1. The minimum Gasteiger partial charge on any atom is -0.370 e. The summed E-state index contributed by atoms with van der Waals surface area (Å²) in [6.07, 6.45) is 1.44. The van der Waals surface area contributed by atoms with Crippen LogP contribution in [0.2, 0.25) is 0 Å². The van der Waals surface area contributed by atoms with Gasteiger partial charge in [0.05, 0.1) is 58.4 Å². The van der Waals surface area contributed by atoms with Crippen LogP contribution in [0.5, 0.6) is 0 Å².